The second kappa shape index (κ2) is 9.52. The topological polar surface area (TPSA) is 85.4 Å². The van der Waals surface area contributed by atoms with Crippen molar-refractivity contribution in [3.63, 3.8) is 0 Å². The van der Waals surface area contributed by atoms with Crippen LogP contribution in [0.3, 0.4) is 0 Å². The average Bonchev–Trinajstić information content (AvgIpc) is 3.05. The summed E-state index contributed by atoms with van der Waals surface area (Å²) in [6, 6.07) is 0.0941. The van der Waals surface area contributed by atoms with Crippen LogP contribution in [0.15, 0.2) is 24.3 Å². The molecule has 3 amide bonds. The van der Waals surface area contributed by atoms with E-state index < -0.39 is 5.60 Å². The van der Waals surface area contributed by atoms with Gasteiger partial charge in [0.25, 0.3) is 0 Å². The number of allylic oxidation sites excluding steroid dienone is 3. The number of hydrogen-bond acceptors (Lipinski definition) is 5. The van der Waals surface area contributed by atoms with E-state index in [1.807, 2.05) is 9.80 Å². The van der Waals surface area contributed by atoms with Crippen LogP contribution in [0.25, 0.3) is 0 Å². The van der Waals surface area contributed by atoms with Gasteiger partial charge in [-0.2, -0.15) is 0 Å². The van der Waals surface area contributed by atoms with Gasteiger partial charge in [-0.3, -0.25) is 4.79 Å². The van der Waals surface area contributed by atoms with Gasteiger partial charge in [0.15, 0.2) is 0 Å². The van der Waals surface area contributed by atoms with Crippen molar-refractivity contribution in [3.05, 3.63) is 24.3 Å². The molecule has 8 nitrogen and oxygen atoms in total. The summed E-state index contributed by atoms with van der Waals surface area (Å²) >= 11 is 0. The second-order valence-electron chi connectivity index (χ2n) is 11.8. The lowest BCUT2D eigenvalue weighted by Crippen LogP contribution is -2.61. The molecular weight excluding hydrogens is 444 g/mol. The third-order valence-corrected chi connectivity index (χ3v) is 9.52. The Morgan fingerprint density at radius 2 is 1.91 bits per heavy atom. The van der Waals surface area contributed by atoms with Crippen LogP contribution in [-0.2, 0) is 9.53 Å². The molecule has 5 rings (SSSR count). The molecular formula is C27H42N4O4. The fourth-order valence-corrected chi connectivity index (χ4v) is 6.89. The molecule has 1 unspecified atom stereocenters. The van der Waals surface area contributed by atoms with Crippen molar-refractivity contribution in [1.29, 1.82) is 0 Å². The van der Waals surface area contributed by atoms with Crippen LogP contribution >= 0.6 is 0 Å². The van der Waals surface area contributed by atoms with Crippen LogP contribution in [0.2, 0.25) is 0 Å². The van der Waals surface area contributed by atoms with Crippen LogP contribution < -0.4 is 5.32 Å². The minimum atomic E-state index is -0.757. The van der Waals surface area contributed by atoms with Gasteiger partial charge in [-0.05, 0) is 71.4 Å². The van der Waals surface area contributed by atoms with Crippen molar-refractivity contribution >= 4 is 11.9 Å². The van der Waals surface area contributed by atoms with Gasteiger partial charge in [0.05, 0.1) is 36.9 Å². The van der Waals surface area contributed by atoms with Crippen molar-refractivity contribution in [2.75, 3.05) is 46.9 Å². The highest BCUT2D eigenvalue weighted by molar-refractivity contribution is 5.80. The number of carbonyl (C=O) groups excluding carboxylic acids is 2. The number of nitrogens with one attached hydrogen (secondary N) is 1. The first-order chi connectivity index (χ1) is 16.8. The first-order valence-electron chi connectivity index (χ1n) is 13.4. The number of hydrogen-bond donors (Lipinski definition) is 2. The van der Waals surface area contributed by atoms with Crippen molar-refractivity contribution in [2.24, 2.45) is 5.92 Å². The maximum Gasteiger partial charge on any atom is 0.320 e. The summed E-state index contributed by atoms with van der Waals surface area (Å²) < 4.78 is 5.14. The number of carbonyl (C=O) groups is 2. The Hall–Kier alpha value is -1.90. The molecule has 8 heteroatoms. The Morgan fingerprint density at radius 1 is 1.17 bits per heavy atom. The summed E-state index contributed by atoms with van der Waals surface area (Å²) in [5, 5.41) is 14.0. The van der Waals surface area contributed by atoms with Crippen molar-refractivity contribution < 1.29 is 19.4 Å². The van der Waals surface area contributed by atoms with E-state index in [1.165, 1.54) is 0 Å². The van der Waals surface area contributed by atoms with E-state index in [2.05, 4.69) is 48.6 Å². The van der Waals surface area contributed by atoms with Crippen LogP contribution in [0.1, 0.15) is 57.8 Å². The van der Waals surface area contributed by atoms with Gasteiger partial charge < -0.3 is 29.9 Å². The number of nitrogens with zero attached hydrogens (tertiary/aromatic N) is 3. The average molecular weight is 487 g/mol. The highest BCUT2D eigenvalue weighted by Crippen LogP contribution is 2.50. The lowest BCUT2D eigenvalue weighted by atomic mass is 9.64. The SMILES string of the molecule is CN(C)C1(C2C=CC=CC2)CCC2(CC1)CN(CCC(=O)NC1COC1)C(=O)N2CC1(O)CCC1. The Kier molecular flexibility index (Phi) is 6.74. The summed E-state index contributed by atoms with van der Waals surface area (Å²) in [4.78, 5) is 32.3. The molecule has 4 fully saturated rings. The largest absolute Gasteiger partial charge is 0.388 e. The van der Waals surface area contributed by atoms with E-state index in [-0.39, 0.29) is 29.1 Å². The van der Waals surface area contributed by atoms with Gasteiger partial charge in [-0.25, -0.2) is 4.79 Å². The third kappa shape index (κ3) is 4.65. The predicted octanol–water partition coefficient (Wildman–Crippen LogP) is 2.29. The molecule has 0 aromatic heterocycles. The van der Waals surface area contributed by atoms with Crippen LogP contribution in [0, 0.1) is 5.92 Å². The maximum absolute atomic E-state index is 13.7. The number of aliphatic hydroxyl groups is 1. The second-order valence-corrected chi connectivity index (χ2v) is 11.8. The van der Waals surface area contributed by atoms with E-state index >= 15 is 0 Å². The van der Waals surface area contributed by atoms with E-state index in [9.17, 15) is 14.7 Å². The van der Waals surface area contributed by atoms with Gasteiger partial charge in [0.2, 0.25) is 5.91 Å². The molecule has 2 aliphatic heterocycles. The maximum atomic E-state index is 13.7. The third-order valence-electron chi connectivity index (χ3n) is 9.52. The molecule has 0 bridgehead atoms. The monoisotopic (exact) mass is 486 g/mol. The first-order valence-corrected chi connectivity index (χ1v) is 13.4. The van der Waals surface area contributed by atoms with Gasteiger partial charge in [-0.1, -0.05) is 24.3 Å². The molecule has 5 aliphatic rings. The number of rotatable bonds is 8. The van der Waals surface area contributed by atoms with Crippen LogP contribution in [-0.4, -0.2) is 101 Å². The van der Waals surface area contributed by atoms with Crippen molar-refractivity contribution in [2.45, 2.75) is 80.5 Å². The predicted molar refractivity (Wildman–Crippen MR) is 134 cm³/mol. The van der Waals surface area contributed by atoms with Crippen molar-refractivity contribution in [3.8, 4) is 0 Å². The molecule has 0 aromatic carbocycles. The van der Waals surface area contributed by atoms with Gasteiger partial charge in [0.1, 0.15) is 0 Å². The number of β-amino-alcohol motifs (C(OH)–C–C–N with tert-alkyl or cyclic N) is 1. The van der Waals surface area contributed by atoms with Gasteiger partial charge >= 0.3 is 6.03 Å². The van der Waals surface area contributed by atoms with Gasteiger partial charge in [0, 0.05) is 25.0 Å². The fourth-order valence-electron chi connectivity index (χ4n) is 6.89. The first kappa shape index (κ1) is 24.8. The molecule has 35 heavy (non-hydrogen) atoms. The van der Waals surface area contributed by atoms with Crippen LogP contribution in [0.5, 0.6) is 0 Å². The summed E-state index contributed by atoms with van der Waals surface area (Å²) in [5.41, 5.74) is -0.950. The van der Waals surface area contributed by atoms with Crippen LogP contribution in [0.4, 0.5) is 4.79 Å². The molecule has 1 atom stereocenters. The number of amides is 3. The zero-order valence-corrected chi connectivity index (χ0v) is 21.4. The quantitative estimate of drug-likeness (QED) is 0.550. The smallest absolute Gasteiger partial charge is 0.320 e. The van der Waals surface area contributed by atoms with E-state index in [0.717, 1.165) is 51.4 Å². The fraction of sp³-hybridized carbons (Fsp3) is 0.778. The molecule has 3 aliphatic carbocycles. The highest BCUT2D eigenvalue weighted by atomic mass is 16.5. The standard InChI is InChI=1S/C27H42N4O4/c1-29(2)27(21-7-4-3-5-8-21)14-12-25(13-15-27)19-30(16-9-23(32)28-22-17-35-18-22)24(33)31(25)20-26(34)10-6-11-26/h3-5,7,21-22,34H,6,8-20H2,1-2H3,(H,28,32). The van der Waals surface area contributed by atoms with E-state index in [4.69, 9.17) is 4.74 Å². The van der Waals surface area contributed by atoms with Gasteiger partial charge in [-0.15, -0.1) is 0 Å². The molecule has 0 aromatic rings. The molecule has 2 saturated carbocycles. The summed E-state index contributed by atoms with van der Waals surface area (Å²) in [5.74, 6) is 0.445. The van der Waals surface area contributed by atoms with Crippen molar-refractivity contribution in [1.82, 2.24) is 20.0 Å². The molecule has 2 saturated heterocycles. The Balaban J connectivity index is 1.30. The Labute approximate surface area is 209 Å². The molecule has 2 N–H and O–H groups in total. The lowest BCUT2D eigenvalue weighted by molar-refractivity contribution is -0.125. The molecule has 194 valence electrons. The Morgan fingerprint density at radius 3 is 2.46 bits per heavy atom. The number of urea groups is 1. The molecule has 2 heterocycles. The summed E-state index contributed by atoms with van der Waals surface area (Å²) in [6.45, 7) is 2.62. The van der Waals surface area contributed by atoms with E-state index in [0.29, 0.717) is 45.2 Å². The Bertz CT molecular complexity index is 868. The summed E-state index contributed by atoms with van der Waals surface area (Å²) in [6.07, 6.45) is 16.7. The highest BCUT2D eigenvalue weighted by Gasteiger charge is 2.57. The molecule has 1 spiro atoms. The normalized spacial score (nSPS) is 34.4. The van der Waals surface area contributed by atoms with E-state index in [1.54, 1.807) is 0 Å². The zero-order valence-electron chi connectivity index (χ0n) is 21.4. The lowest BCUT2D eigenvalue weighted by Gasteiger charge is -2.54. The zero-order chi connectivity index (χ0) is 24.7. The molecule has 0 radical (unpaired) electrons. The summed E-state index contributed by atoms with van der Waals surface area (Å²) in [7, 11) is 4.38. The minimum absolute atomic E-state index is 0.0112. The number of ether oxygens (including phenoxy) is 1. The minimum Gasteiger partial charge on any atom is -0.388 e.